The number of halogens is 4. The first-order valence-electron chi connectivity index (χ1n) is 6.97. The molecule has 0 atom stereocenters. The smallest absolute Gasteiger partial charge is 0.345 e. The highest BCUT2D eigenvalue weighted by atomic mass is 35.5. The zero-order valence-corrected chi connectivity index (χ0v) is 12.8. The molecule has 0 aliphatic heterocycles. The number of hydrogen-bond donors (Lipinski definition) is 1. The van der Waals surface area contributed by atoms with Crippen molar-refractivity contribution in [2.45, 2.75) is 51.5 Å². The molecule has 0 unspecified atom stereocenters. The van der Waals surface area contributed by atoms with Crippen LogP contribution in [0, 0.1) is 0 Å². The van der Waals surface area contributed by atoms with E-state index in [4.69, 9.17) is 11.6 Å². The second-order valence-corrected chi connectivity index (χ2v) is 6.03. The van der Waals surface area contributed by atoms with Crippen LogP contribution < -0.4 is 10.2 Å². The molecular weight excluding hydrogens is 303 g/mol. The number of rotatable bonds is 6. The monoisotopic (exact) mass is 321 g/mol. The van der Waals surface area contributed by atoms with Crippen molar-refractivity contribution in [3.8, 4) is 0 Å². The predicted octanol–water partition coefficient (Wildman–Crippen LogP) is 3.76. The van der Waals surface area contributed by atoms with E-state index in [0.717, 1.165) is 18.4 Å². The van der Waals surface area contributed by atoms with Crippen molar-refractivity contribution in [3.63, 3.8) is 0 Å². The molecule has 0 spiro atoms. The van der Waals surface area contributed by atoms with Gasteiger partial charge in [-0.3, -0.25) is 0 Å². The zero-order chi connectivity index (χ0) is 15.6. The molecule has 1 aromatic rings. The summed E-state index contributed by atoms with van der Waals surface area (Å²) in [5, 5.41) is 3.78. The maximum absolute atomic E-state index is 12.7. The molecule has 21 heavy (non-hydrogen) atoms. The number of nitrogens with one attached hydrogen (secondary N) is 1. The van der Waals surface area contributed by atoms with Crippen molar-refractivity contribution >= 4 is 17.4 Å². The third kappa shape index (κ3) is 5.04. The van der Waals surface area contributed by atoms with Crippen LogP contribution in [0.15, 0.2) is 12.3 Å². The number of anilines is 1. The molecule has 0 amide bonds. The van der Waals surface area contributed by atoms with Gasteiger partial charge in [0.15, 0.2) is 0 Å². The molecule has 2 rings (SSSR count). The van der Waals surface area contributed by atoms with Crippen LogP contribution in [0.3, 0.4) is 0 Å². The fraction of sp³-hybridized carbons (Fsp3) is 0.643. The maximum atomic E-state index is 12.7. The first-order valence-corrected chi connectivity index (χ1v) is 7.35. The molecule has 1 aliphatic rings. The first kappa shape index (κ1) is 16.4. The molecule has 1 heterocycles. The Morgan fingerprint density at radius 1 is 1.43 bits per heavy atom. The lowest BCUT2D eigenvalue weighted by molar-refractivity contribution is -0.120. The Balaban J connectivity index is 2.17. The Morgan fingerprint density at radius 2 is 2.10 bits per heavy atom. The van der Waals surface area contributed by atoms with E-state index in [9.17, 15) is 13.2 Å². The second kappa shape index (κ2) is 6.40. The van der Waals surface area contributed by atoms with Gasteiger partial charge in [-0.2, -0.15) is 13.2 Å². The summed E-state index contributed by atoms with van der Waals surface area (Å²) in [7, 11) is 0. The van der Waals surface area contributed by atoms with Crippen LogP contribution in [0.2, 0.25) is 5.02 Å². The number of nitrogens with zero attached hydrogens (tertiary/aromatic N) is 2. The van der Waals surface area contributed by atoms with E-state index < -0.39 is 12.7 Å². The van der Waals surface area contributed by atoms with E-state index in [1.165, 1.54) is 11.1 Å². The lowest BCUT2D eigenvalue weighted by Gasteiger charge is -2.29. The summed E-state index contributed by atoms with van der Waals surface area (Å²) in [6, 6.07) is 1.85. The van der Waals surface area contributed by atoms with Gasteiger partial charge in [-0.25, -0.2) is 4.98 Å². The molecule has 7 heteroatoms. The third-order valence-corrected chi connectivity index (χ3v) is 3.69. The van der Waals surface area contributed by atoms with E-state index in [1.807, 2.05) is 0 Å². The summed E-state index contributed by atoms with van der Waals surface area (Å²) in [5.41, 5.74) is 0.779. The lowest BCUT2D eigenvalue weighted by atomic mass is 10.2. The van der Waals surface area contributed by atoms with Crippen LogP contribution >= 0.6 is 11.6 Å². The van der Waals surface area contributed by atoms with E-state index in [-0.39, 0.29) is 6.04 Å². The second-order valence-electron chi connectivity index (χ2n) is 5.63. The molecule has 1 aliphatic carbocycles. The van der Waals surface area contributed by atoms with Gasteiger partial charge in [0.2, 0.25) is 0 Å². The zero-order valence-electron chi connectivity index (χ0n) is 12.0. The first-order chi connectivity index (χ1) is 9.76. The summed E-state index contributed by atoms with van der Waals surface area (Å²) >= 11 is 6.07. The van der Waals surface area contributed by atoms with Crippen molar-refractivity contribution in [1.29, 1.82) is 0 Å². The summed E-state index contributed by atoms with van der Waals surface area (Å²) in [4.78, 5) is 5.29. The van der Waals surface area contributed by atoms with Gasteiger partial charge in [-0.1, -0.05) is 11.6 Å². The molecule has 1 aromatic heterocycles. The number of alkyl halides is 3. The Labute approximate surface area is 127 Å². The van der Waals surface area contributed by atoms with E-state index in [1.54, 1.807) is 19.9 Å². The SMILES string of the molecule is CC(C)N(CC(F)(F)F)c1cc(CNC2CC2)c(Cl)cn1. The topological polar surface area (TPSA) is 28.2 Å². The number of pyridine rings is 1. The Morgan fingerprint density at radius 3 is 2.62 bits per heavy atom. The summed E-state index contributed by atoms with van der Waals surface area (Å²) in [5.74, 6) is 0.305. The molecule has 1 fully saturated rings. The Hall–Kier alpha value is -1.01. The molecule has 0 bridgehead atoms. The summed E-state index contributed by atoms with van der Waals surface area (Å²) in [6.07, 6.45) is -0.561. The fourth-order valence-corrected chi connectivity index (χ4v) is 2.19. The average molecular weight is 322 g/mol. The molecule has 3 nitrogen and oxygen atoms in total. The van der Waals surface area contributed by atoms with Crippen molar-refractivity contribution in [3.05, 3.63) is 22.8 Å². The highest BCUT2D eigenvalue weighted by molar-refractivity contribution is 6.31. The molecule has 118 valence electrons. The van der Waals surface area contributed by atoms with Gasteiger partial charge in [-0.05, 0) is 38.3 Å². The van der Waals surface area contributed by atoms with E-state index in [0.29, 0.717) is 23.4 Å². The minimum Gasteiger partial charge on any atom is -0.345 e. The molecule has 1 saturated carbocycles. The van der Waals surface area contributed by atoms with Gasteiger partial charge in [0.05, 0.1) is 5.02 Å². The number of hydrogen-bond acceptors (Lipinski definition) is 3. The summed E-state index contributed by atoms with van der Waals surface area (Å²) < 4.78 is 38.1. The minimum absolute atomic E-state index is 0.301. The molecule has 0 radical (unpaired) electrons. The fourth-order valence-electron chi connectivity index (χ4n) is 2.02. The van der Waals surface area contributed by atoms with Crippen molar-refractivity contribution in [2.24, 2.45) is 0 Å². The van der Waals surface area contributed by atoms with Gasteiger partial charge in [-0.15, -0.1) is 0 Å². The maximum Gasteiger partial charge on any atom is 0.405 e. The quantitative estimate of drug-likeness (QED) is 0.864. The lowest BCUT2D eigenvalue weighted by Crippen LogP contribution is -2.39. The average Bonchev–Trinajstić information content (AvgIpc) is 3.18. The third-order valence-electron chi connectivity index (χ3n) is 3.35. The number of aromatic nitrogens is 1. The largest absolute Gasteiger partial charge is 0.405 e. The molecule has 0 aromatic carbocycles. The van der Waals surface area contributed by atoms with Crippen LogP contribution in [0.4, 0.5) is 19.0 Å². The van der Waals surface area contributed by atoms with Crippen LogP contribution in [-0.4, -0.2) is 29.8 Å². The van der Waals surface area contributed by atoms with Crippen LogP contribution in [-0.2, 0) is 6.54 Å². The van der Waals surface area contributed by atoms with Gasteiger partial charge >= 0.3 is 6.18 Å². The van der Waals surface area contributed by atoms with Gasteiger partial charge in [0.1, 0.15) is 12.4 Å². The standard InChI is InChI=1S/C14H19ClF3N3/c1-9(2)21(8-14(16,17)18)13-5-10(12(15)7-20-13)6-19-11-3-4-11/h5,7,9,11,19H,3-4,6,8H2,1-2H3. The molecular formula is C14H19ClF3N3. The van der Waals surface area contributed by atoms with Crippen LogP contribution in [0.5, 0.6) is 0 Å². The van der Waals surface area contributed by atoms with Crippen LogP contribution in [0.25, 0.3) is 0 Å². The Bertz CT molecular complexity index is 487. The van der Waals surface area contributed by atoms with Gasteiger partial charge < -0.3 is 10.2 Å². The van der Waals surface area contributed by atoms with Crippen LogP contribution in [0.1, 0.15) is 32.3 Å². The van der Waals surface area contributed by atoms with Crippen molar-refractivity contribution in [2.75, 3.05) is 11.4 Å². The van der Waals surface area contributed by atoms with E-state index in [2.05, 4.69) is 10.3 Å². The normalized spacial score (nSPS) is 15.6. The summed E-state index contributed by atoms with van der Waals surface area (Å²) in [6.45, 7) is 2.96. The highest BCUT2D eigenvalue weighted by Crippen LogP contribution is 2.27. The van der Waals surface area contributed by atoms with Gasteiger partial charge in [0.25, 0.3) is 0 Å². The van der Waals surface area contributed by atoms with Crippen molar-refractivity contribution in [1.82, 2.24) is 10.3 Å². The highest BCUT2D eigenvalue weighted by Gasteiger charge is 2.32. The van der Waals surface area contributed by atoms with Crippen molar-refractivity contribution < 1.29 is 13.2 Å². The molecule has 1 N–H and O–H groups in total. The Kier molecular flexibility index (Phi) is 4.99. The van der Waals surface area contributed by atoms with E-state index >= 15 is 0 Å². The predicted molar refractivity (Wildman–Crippen MR) is 77.6 cm³/mol. The minimum atomic E-state index is -4.27. The van der Waals surface area contributed by atoms with Gasteiger partial charge in [0, 0.05) is 24.8 Å². The molecule has 0 saturated heterocycles.